The first-order valence-electron chi connectivity index (χ1n) is 6.74. The Balaban J connectivity index is 1.73. The molecule has 92 valence electrons. The Hall–Kier alpha value is -0.860. The molecule has 2 nitrogen and oxygen atoms in total. The van der Waals surface area contributed by atoms with Crippen molar-refractivity contribution in [2.45, 2.75) is 31.7 Å². The fraction of sp³-hybridized carbons (Fsp3) is 0.600. The largest absolute Gasteiger partial charge is 0.381 e. The van der Waals surface area contributed by atoms with Crippen molar-refractivity contribution in [3.8, 4) is 0 Å². The van der Waals surface area contributed by atoms with Crippen LogP contribution in [0.5, 0.6) is 0 Å². The first-order chi connectivity index (χ1) is 8.39. The van der Waals surface area contributed by atoms with Crippen LogP contribution >= 0.6 is 0 Å². The molecule has 0 saturated carbocycles. The van der Waals surface area contributed by atoms with E-state index >= 15 is 0 Å². The summed E-state index contributed by atoms with van der Waals surface area (Å²) in [6, 6.07) is 11.5. The van der Waals surface area contributed by atoms with Gasteiger partial charge in [-0.05, 0) is 43.2 Å². The van der Waals surface area contributed by atoms with Gasteiger partial charge in [0.25, 0.3) is 0 Å². The van der Waals surface area contributed by atoms with Gasteiger partial charge in [-0.2, -0.15) is 0 Å². The highest BCUT2D eigenvalue weighted by molar-refractivity contribution is 5.17. The molecular formula is C15H21NO. The standard InChI is InChI=1S/C15H21NO/c1-2-4-13(5-3-1)12-14-15(6-9-16-14)7-10-17-11-8-15/h1-5,14,16H,6-12H2. The summed E-state index contributed by atoms with van der Waals surface area (Å²) < 4.78 is 5.53. The zero-order valence-electron chi connectivity index (χ0n) is 10.3. The molecule has 1 spiro atoms. The van der Waals surface area contributed by atoms with Gasteiger partial charge in [0.1, 0.15) is 0 Å². The number of hydrogen-bond donors (Lipinski definition) is 1. The predicted octanol–water partition coefficient (Wildman–Crippen LogP) is 2.39. The lowest BCUT2D eigenvalue weighted by Gasteiger charge is -2.38. The zero-order valence-corrected chi connectivity index (χ0v) is 10.3. The van der Waals surface area contributed by atoms with Crippen LogP contribution in [0.2, 0.25) is 0 Å². The van der Waals surface area contributed by atoms with Crippen LogP contribution in [-0.4, -0.2) is 25.8 Å². The van der Waals surface area contributed by atoms with Crippen molar-refractivity contribution in [1.82, 2.24) is 5.32 Å². The Morgan fingerprint density at radius 3 is 2.65 bits per heavy atom. The Labute approximate surface area is 103 Å². The van der Waals surface area contributed by atoms with Crippen molar-refractivity contribution in [2.24, 2.45) is 5.41 Å². The average molecular weight is 231 g/mol. The number of benzene rings is 1. The maximum Gasteiger partial charge on any atom is 0.0471 e. The van der Waals surface area contributed by atoms with E-state index in [9.17, 15) is 0 Å². The van der Waals surface area contributed by atoms with Crippen LogP contribution in [0.4, 0.5) is 0 Å². The highest BCUT2D eigenvalue weighted by Crippen LogP contribution is 2.41. The summed E-state index contributed by atoms with van der Waals surface area (Å²) in [5, 5.41) is 3.71. The minimum atomic E-state index is 0.508. The summed E-state index contributed by atoms with van der Waals surface area (Å²) in [6.45, 7) is 3.08. The van der Waals surface area contributed by atoms with E-state index < -0.39 is 0 Å². The van der Waals surface area contributed by atoms with Crippen molar-refractivity contribution in [3.05, 3.63) is 35.9 Å². The summed E-state index contributed by atoms with van der Waals surface area (Å²) >= 11 is 0. The molecule has 2 heteroatoms. The second-order valence-corrected chi connectivity index (χ2v) is 5.42. The van der Waals surface area contributed by atoms with Gasteiger partial charge in [-0.25, -0.2) is 0 Å². The molecule has 3 rings (SSSR count). The molecule has 1 atom stereocenters. The summed E-state index contributed by atoms with van der Waals surface area (Å²) in [7, 11) is 0. The molecule has 0 amide bonds. The summed E-state index contributed by atoms with van der Waals surface area (Å²) in [4.78, 5) is 0. The minimum Gasteiger partial charge on any atom is -0.381 e. The van der Waals surface area contributed by atoms with Crippen LogP contribution in [-0.2, 0) is 11.2 Å². The van der Waals surface area contributed by atoms with E-state index in [1.54, 1.807) is 0 Å². The second kappa shape index (κ2) is 4.79. The number of nitrogens with one attached hydrogen (secondary N) is 1. The SMILES string of the molecule is c1ccc(CC2NCCC23CCOCC3)cc1. The van der Waals surface area contributed by atoms with Gasteiger partial charge in [-0.15, -0.1) is 0 Å². The van der Waals surface area contributed by atoms with E-state index in [0.717, 1.165) is 13.2 Å². The van der Waals surface area contributed by atoms with Crippen molar-refractivity contribution in [1.29, 1.82) is 0 Å². The maximum absolute atomic E-state index is 5.53. The molecule has 0 aromatic heterocycles. The van der Waals surface area contributed by atoms with Crippen LogP contribution in [0, 0.1) is 5.41 Å². The first-order valence-corrected chi connectivity index (χ1v) is 6.74. The topological polar surface area (TPSA) is 21.3 Å². The first kappa shape index (κ1) is 11.2. The van der Waals surface area contributed by atoms with Crippen LogP contribution in [0.25, 0.3) is 0 Å². The summed E-state index contributed by atoms with van der Waals surface area (Å²) in [6.07, 6.45) is 4.96. The molecule has 1 aromatic carbocycles. The summed E-state index contributed by atoms with van der Waals surface area (Å²) in [5.41, 5.74) is 1.96. The van der Waals surface area contributed by atoms with Crippen LogP contribution in [0.3, 0.4) is 0 Å². The molecule has 2 aliphatic heterocycles. The van der Waals surface area contributed by atoms with Gasteiger partial charge in [-0.3, -0.25) is 0 Å². The zero-order chi connectivity index (χ0) is 11.6. The third-order valence-corrected chi connectivity index (χ3v) is 4.52. The Bertz CT molecular complexity index is 356. The number of ether oxygens (including phenoxy) is 1. The van der Waals surface area contributed by atoms with Crippen LogP contribution in [0.15, 0.2) is 30.3 Å². The smallest absolute Gasteiger partial charge is 0.0471 e. The average Bonchev–Trinajstić information content (AvgIpc) is 2.74. The van der Waals surface area contributed by atoms with Gasteiger partial charge in [0.05, 0.1) is 0 Å². The molecule has 0 radical (unpaired) electrons. The Morgan fingerprint density at radius 1 is 1.12 bits per heavy atom. The van der Waals surface area contributed by atoms with Gasteiger partial charge in [0.2, 0.25) is 0 Å². The molecule has 2 aliphatic rings. The van der Waals surface area contributed by atoms with Crippen molar-refractivity contribution in [2.75, 3.05) is 19.8 Å². The highest BCUT2D eigenvalue weighted by atomic mass is 16.5. The molecule has 2 fully saturated rings. The van der Waals surface area contributed by atoms with E-state index in [4.69, 9.17) is 4.74 Å². The van der Waals surface area contributed by atoms with Gasteiger partial charge in [0, 0.05) is 19.3 Å². The predicted molar refractivity (Wildman–Crippen MR) is 69.0 cm³/mol. The number of rotatable bonds is 2. The monoisotopic (exact) mass is 231 g/mol. The van der Waals surface area contributed by atoms with Crippen molar-refractivity contribution < 1.29 is 4.74 Å². The van der Waals surface area contributed by atoms with E-state index in [-0.39, 0.29) is 0 Å². The lowest BCUT2D eigenvalue weighted by molar-refractivity contribution is 0.00833. The van der Waals surface area contributed by atoms with Gasteiger partial charge in [0.15, 0.2) is 0 Å². The molecule has 1 aromatic rings. The van der Waals surface area contributed by atoms with E-state index in [1.807, 2.05) is 0 Å². The van der Waals surface area contributed by atoms with E-state index in [2.05, 4.69) is 35.6 Å². The molecule has 2 heterocycles. The molecule has 0 bridgehead atoms. The molecule has 17 heavy (non-hydrogen) atoms. The third kappa shape index (κ3) is 2.24. The van der Waals surface area contributed by atoms with E-state index in [0.29, 0.717) is 11.5 Å². The van der Waals surface area contributed by atoms with Crippen molar-refractivity contribution in [3.63, 3.8) is 0 Å². The lowest BCUT2D eigenvalue weighted by atomic mass is 9.72. The fourth-order valence-electron chi connectivity index (χ4n) is 3.40. The summed E-state index contributed by atoms with van der Waals surface area (Å²) in [5.74, 6) is 0. The highest BCUT2D eigenvalue weighted by Gasteiger charge is 2.43. The molecule has 1 N–H and O–H groups in total. The van der Waals surface area contributed by atoms with Gasteiger partial charge >= 0.3 is 0 Å². The minimum absolute atomic E-state index is 0.508. The maximum atomic E-state index is 5.53. The van der Waals surface area contributed by atoms with Gasteiger partial charge in [-0.1, -0.05) is 30.3 Å². The van der Waals surface area contributed by atoms with Crippen LogP contribution < -0.4 is 5.32 Å². The fourth-order valence-corrected chi connectivity index (χ4v) is 3.40. The van der Waals surface area contributed by atoms with Gasteiger partial charge < -0.3 is 10.1 Å². The third-order valence-electron chi connectivity index (χ3n) is 4.52. The Morgan fingerprint density at radius 2 is 1.88 bits per heavy atom. The molecule has 0 aliphatic carbocycles. The van der Waals surface area contributed by atoms with Crippen LogP contribution in [0.1, 0.15) is 24.8 Å². The normalized spacial score (nSPS) is 27.4. The quantitative estimate of drug-likeness (QED) is 0.844. The second-order valence-electron chi connectivity index (χ2n) is 5.42. The molecule has 1 unspecified atom stereocenters. The molecular weight excluding hydrogens is 210 g/mol. The lowest BCUT2D eigenvalue weighted by Crippen LogP contribution is -2.42. The number of hydrogen-bond acceptors (Lipinski definition) is 2. The van der Waals surface area contributed by atoms with Crippen molar-refractivity contribution >= 4 is 0 Å². The molecule has 2 saturated heterocycles. The van der Waals surface area contributed by atoms with E-state index in [1.165, 1.54) is 37.8 Å². The Kier molecular flexibility index (Phi) is 3.17.